The fraction of sp³-hybridized carbons (Fsp3) is 0.316. The molecule has 4 heteroatoms. The number of aromatic nitrogens is 1. The number of anilines is 1. The number of phenolic OH excluding ortho intramolecular Hbond substituents is 1. The summed E-state index contributed by atoms with van der Waals surface area (Å²) in [5.74, 6) is 0.982. The SMILES string of the molecule is Oc1ccccc1NC1(c2nc3ccccc3o2)CCCCC1. The van der Waals surface area contributed by atoms with E-state index in [2.05, 4.69) is 5.32 Å². The van der Waals surface area contributed by atoms with E-state index in [-0.39, 0.29) is 11.3 Å². The van der Waals surface area contributed by atoms with Crippen LogP contribution < -0.4 is 5.32 Å². The van der Waals surface area contributed by atoms with E-state index in [4.69, 9.17) is 9.40 Å². The monoisotopic (exact) mass is 308 g/mol. The fourth-order valence-electron chi connectivity index (χ4n) is 3.46. The third-order valence-corrected chi connectivity index (χ3v) is 4.69. The van der Waals surface area contributed by atoms with Crippen molar-refractivity contribution < 1.29 is 9.52 Å². The Hall–Kier alpha value is -2.49. The first-order valence-corrected chi connectivity index (χ1v) is 8.19. The topological polar surface area (TPSA) is 58.3 Å². The predicted molar refractivity (Wildman–Crippen MR) is 90.5 cm³/mol. The number of hydrogen-bond acceptors (Lipinski definition) is 4. The number of oxazole rings is 1. The Bertz CT molecular complexity index is 786. The second kappa shape index (κ2) is 5.61. The van der Waals surface area contributed by atoms with Crippen molar-refractivity contribution in [2.45, 2.75) is 37.6 Å². The minimum Gasteiger partial charge on any atom is -0.506 e. The molecule has 0 amide bonds. The maximum absolute atomic E-state index is 10.1. The molecule has 0 spiro atoms. The summed E-state index contributed by atoms with van der Waals surface area (Å²) in [6.07, 6.45) is 5.38. The maximum atomic E-state index is 10.1. The van der Waals surface area contributed by atoms with Crippen LogP contribution in [0.5, 0.6) is 5.75 Å². The molecule has 1 saturated carbocycles. The summed E-state index contributed by atoms with van der Waals surface area (Å²) >= 11 is 0. The summed E-state index contributed by atoms with van der Waals surface area (Å²) in [6.45, 7) is 0. The number of nitrogens with one attached hydrogen (secondary N) is 1. The lowest BCUT2D eigenvalue weighted by molar-refractivity contribution is 0.272. The van der Waals surface area contributed by atoms with Crippen molar-refractivity contribution in [3.63, 3.8) is 0 Å². The predicted octanol–water partition coefficient (Wildman–Crippen LogP) is 4.80. The molecule has 0 radical (unpaired) electrons. The molecule has 23 heavy (non-hydrogen) atoms. The van der Waals surface area contributed by atoms with E-state index in [0.717, 1.165) is 48.4 Å². The van der Waals surface area contributed by atoms with Gasteiger partial charge in [0.25, 0.3) is 0 Å². The van der Waals surface area contributed by atoms with Gasteiger partial charge in [-0.05, 0) is 37.1 Å². The molecule has 1 aromatic heterocycles. The highest BCUT2D eigenvalue weighted by Gasteiger charge is 2.39. The van der Waals surface area contributed by atoms with Gasteiger partial charge in [-0.15, -0.1) is 0 Å². The van der Waals surface area contributed by atoms with Crippen LogP contribution in [0.3, 0.4) is 0 Å². The Balaban J connectivity index is 1.78. The van der Waals surface area contributed by atoms with Gasteiger partial charge >= 0.3 is 0 Å². The number of para-hydroxylation sites is 4. The Morgan fingerprint density at radius 3 is 2.48 bits per heavy atom. The maximum Gasteiger partial charge on any atom is 0.221 e. The number of rotatable bonds is 3. The molecule has 0 atom stereocenters. The summed E-state index contributed by atoms with van der Waals surface area (Å²) in [5, 5.41) is 13.7. The van der Waals surface area contributed by atoms with Crippen LogP contribution in [0.15, 0.2) is 52.9 Å². The summed E-state index contributed by atoms with van der Waals surface area (Å²) in [4.78, 5) is 4.72. The second-order valence-corrected chi connectivity index (χ2v) is 6.27. The first kappa shape index (κ1) is 14.1. The molecule has 0 aliphatic heterocycles. The van der Waals surface area contributed by atoms with Gasteiger partial charge in [-0.3, -0.25) is 0 Å². The molecule has 1 aliphatic rings. The van der Waals surface area contributed by atoms with Crippen molar-refractivity contribution >= 4 is 16.8 Å². The van der Waals surface area contributed by atoms with Gasteiger partial charge in [0.15, 0.2) is 5.58 Å². The van der Waals surface area contributed by atoms with Gasteiger partial charge < -0.3 is 14.8 Å². The average molecular weight is 308 g/mol. The minimum atomic E-state index is -0.351. The first-order valence-electron chi connectivity index (χ1n) is 8.19. The van der Waals surface area contributed by atoms with Crippen LogP contribution in [0.4, 0.5) is 5.69 Å². The van der Waals surface area contributed by atoms with Gasteiger partial charge in [0.05, 0.1) is 5.69 Å². The third kappa shape index (κ3) is 2.54. The zero-order valence-corrected chi connectivity index (χ0v) is 13.0. The van der Waals surface area contributed by atoms with Gasteiger partial charge in [0.1, 0.15) is 16.8 Å². The smallest absolute Gasteiger partial charge is 0.221 e. The molecule has 3 aromatic rings. The van der Waals surface area contributed by atoms with E-state index < -0.39 is 0 Å². The van der Waals surface area contributed by atoms with Crippen molar-refractivity contribution in [1.82, 2.24) is 4.98 Å². The molecular formula is C19H20N2O2. The van der Waals surface area contributed by atoms with Crippen LogP contribution in [0.1, 0.15) is 38.0 Å². The van der Waals surface area contributed by atoms with Crippen molar-refractivity contribution in [1.29, 1.82) is 0 Å². The Labute approximate surface area is 135 Å². The molecule has 2 N–H and O–H groups in total. The molecule has 0 saturated heterocycles. The van der Waals surface area contributed by atoms with Crippen LogP contribution in [-0.4, -0.2) is 10.1 Å². The highest BCUT2D eigenvalue weighted by Crippen LogP contribution is 2.42. The lowest BCUT2D eigenvalue weighted by Gasteiger charge is -2.36. The number of benzene rings is 2. The number of nitrogens with zero attached hydrogens (tertiary/aromatic N) is 1. The molecule has 1 fully saturated rings. The van der Waals surface area contributed by atoms with E-state index in [9.17, 15) is 5.11 Å². The molecule has 0 bridgehead atoms. The Morgan fingerprint density at radius 1 is 0.957 bits per heavy atom. The summed E-state index contributed by atoms with van der Waals surface area (Å²) in [7, 11) is 0. The van der Waals surface area contributed by atoms with Crippen LogP contribution in [0, 0.1) is 0 Å². The molecule has 0 unspecified atom stereocenters. The molecular weight excluding hydrogens is 288 g/mol. The summed E-state index contributed by atoms with van der Waals surface area (Å²) < 4.78 is 6.07. The molecule has 118 valence electrons. The van der Waals surface area contributed by atoms with Gasteiger partial charge in [-0.25, -0.2) is 4.98 Å². The number of hydrogen-bond donors (Lipinski definition) is 2. The lowest BCUT2D eigenvalue weighted by atomic mass is 9.81. The summed E-state index contributed by atoms with van der Waals surface area (Å²) in [5.41, 5.74) is 2.07. The lowest BCUT2D eigenvalue weighted by Crippen LogP contribution is -2.37. The molecule has 1 aliphatic carbocycles. The van der Waals surface area contributed by atoms with E-state index in [1.807, 2.05) is 42.5 Å². The van der Waals surface area contributed by atoms with Gasteiger partial charge in [-0.2, -0.15) is 0 Å². The van der Waals surface area contributed by atoms with Gasteiger partial charge in [0, 0.05) is 0 Å². The number of aromatic hydroxyl groups is 1. The third-order valence-electron chi connectivity index (χ3n) is 4.69. The van der Waals surface area contributed by atoms with Crippen LogP contribution >= 0.6 is 0 Å². The minimum absolute atomic E-state index is 0.258. The zero-order valence-electron chi connectivity index (χ0n) is 13.0. The molecule has 4 nitrogen and oxygen atoms in total. The molecule has 4 rings (SSSR count). The van der Waals surface area contributed by atoms with Crippen LogP contribution in [-0.2, 0) is 5.54 Å². The highest BCUT2D eigenvalue weighted by molar-refractivity contribution is 5.72. The van der Waals surface area contributed by atoms with Crippen molar-refractivity contribution in [2.24, 2.45) is 0 Å². The van der Waals surface area contributed by atoms with Crippen molar-refractivity contribution in [2.75, 3.05) is 5.32 Å². The van der Waals surface area contributed by atoms with Gasteiger partial charge in [-0.1, -0.05) is 43.5 Å². The molecule has 2 aromatic carbocycles. The zero-order chi connectivity index (χ0) is 15.7. The Morgan fingerprint density at radius 2 is 1.70 bits per heavy atom. The van der Waals surface area contributed by atoms with E-state index in [1.165, 1.54) is 6.42 Å². The van der Waals surface area contributed by atoms with E-state index >= 15 is 0 Å². The largest absolute Gasteiger partial charge is 0.506 e. The normalized spacial score (nSPS) is 17.2. The average Bonchev–Trinajstić information content (AvgIpc) is 3.03. The first-order chi connectivity index (χ1) is 11.3. The second-order valence-electron chi connectivity index (χ2n) is 6.27. The number of fused-ring (bicyclic) bond motifs is 1. The van der Waals surface area contributed by atoms with E-state index in [0.29, 0.717) is 0 Å². The van der Waals surface area contributed by atoms with Crippen molar-refractivity contribution in [3.8, 4) is 5.75 Å². The van der Waals surface area contributed by atoms with Crippen LogP contribution in [0.2, 0.25) is 0 Å². The van der Waals surface area contributed by atoms with Crippen molar-refractivity contribution in [3.05, 3.63) is 54.4 Å². The standard InChI is InChI=1S/C19H20N2O2/c22-16-10-4-2-8-14(16)21-19(12-6-1-7-13-19)18-20-15-9-3-5-11-17(15)23-18/h2-5,8-11,21-22H,1,6-7,12-13H2. The summed E-state index contributed by atoms with van der Waals surface area (Å²) in [6, 6.07) is 15.2. The van der Waals surface area contributed by atoms with Crippen LogP contribution in [0.25, 0.3) is 11.1 Å². The quantitative estimate of drug-likeness (QED) is 0.682. The highest BCUT2D eigenvalue weighted by atomic mass is 16.4. The molecule has 1 heterocycles. The number of phenols is 1. The van der Waals surface area contributed by atoms with Gasteiger partial charge in [0.2, 0.25) is 5.89 Å². The fourth-order valence-corrected chi connectivity index (χ4v) is 3.46. The Kier molecular flexibility index (Phi) is 3.45. The van der Waals surface area contributed by atoms with E-state index in [1.54, 1.807) is 6.07 Å².